The van der Waals surface area contributed by atoms with Gasteiger partial charge in [-0.25, -0.2) is 4.98 Å². The number of hydrogen-bond donors (Lipinski definition) is 0. The highest BCUT2D eigenvalue weighted by atomic mass is 32.1. The zero-order chi connectivity index (χ0) is 14.8. The molecule has 0 saturated carbocycles. The van der Waals surface area contributed by atoms with E-state index in [1.165, 1.54) is 0 Å². The van der Waals surface area contributed by atoms with Gasteiger partial charge in [-0.15, -0.1) is 22.7 Å². The predicted octanol–water partition coefficient (Wildman–Crippen LogP) is 2.83. The lowest BCUT2D eigenvalue weighted by Gasteiger charge is -2.30. The fourth-order valence-electron chi connectivity index (χ4n) is 2.41. The molecule has 1 fully saturated rings. The highest BCUT2D eigenvalue weighted by molar-refractivity contribution is 7.13. The fraction of sp³-hybridized carbons (Fsp3) is 0.357. The van der Waals surface area contributed by atoms with Gasteiger partial charge in [-0.1, -0.05) is 11.2 Å². The molecule has 0 aromatic carbocycles. The predicted molar refractivity (Wildman–Crippen MR) is 83.7 cm³/mol. The maximum Gasteiger partial charge on any atom is 0.241 e. The van der Waals surface area contributed by atoms with Crippen molar-refractivity contribution in [3.05, 3.63) is 40.0 Å². The third kappa shape index (κ3) is 2.95. The largest absolute Gasteiger partial charge is 0.368 e. The maximum atomic E-state index is 5.80. The van der Waals surface area contributed by atoms with Gasteiger partial charge in [0.05, 0.1) is 18.0 Å². The molecule has 8 heteroatoms. The molecule has 22 heavy (non-hydrogen) atoms. The van der Waals surface area contributed by atoms with E-state index in [1.54, 1.807) is 22.7 Å². The van der Waals surface area contributed by atoms with E-state index in [4.69, 9.17) is 9.26 Å². The molecule has 1 aliphatic rings. The molecular formula is C14H14N4O2S2. The summed E-state index contributed by atoms with van der Waals surface area (Å²) in [6.45, 7) is 2.99. The standard InChI is InChI=1S/C14H14N4O2S2/c1-2-11(21-6-1)13-16-12(20-17-13)9-18-4-5-19-10(8-18)14-15-3-7-22-14/h1-3,6-7,10H,4-5,8-9H2. The van der Waals surface area contributed by atoms with Crippen molar-refractivity contribution < 1.29 is 9.26 Å². The fourth-order valence-corrected chi connectivity index (χ4v) is 3.73. The molecule has 3 aromatic heterocycles. The van der Waals surface area contributed by atoms with Crippen LogP contribution in [0.5, 0.6) is 0 Å². The number of morpholine rings is 1. The summed E-state index contributed by atoms with van der Waals surface area (Å²) in [5.74, 6) is 1.30. The first-order valence-electron chi connectivity index (χ1n) is 6.98. The molecule has 6 nitrogen and oxygen atoms in total. The summed E-state index contributed by atoms with van der Waals surface area (Å²) in [6, 6.07) is 3.98. The minimum absolute atomic E-state index is 0.0356. The van der Waals surface area contributed by atoms with Crippen molar-refractivity contribution in [2.75, 3.05) is 19.7 Å². The lowest BCUT2D eigenvalue weighted by molar-refractivity contribution is -0.0356. The second-order valence-electron chi connectivity index (χ2n) is 4.95. The van der Waals surface area contributed by atoms with Crippen LogP contribution < -0.4 is 0 Å². The summed E-state index contributed by atoms with van der Waals surface area (Å²) in [6.07, 6.45) is 1.85. The Morgan fingerprint density at radius 2 is 2.32 bits per heavy atom. The van der Waals surface area contributed by atoms with Gasteiger partial charge in [-0.3, -0.25) is 4.90 Å². The van der Waals surface area contributed by atoms with Crippen molar-refractivity contribution in [2.24, 2.45) is 0 Å². The maximum absolute atomic E-state index is 5.80. The van der Waals surface area contributed by atoms with E-state index >= 15 is 0 Å². The number of thiophene rings is 1. The Kier molecular flexibility index (Phi) is 3.98. The number of rotatable bonds is 4. The van der Waals surface area contributed by atoms with Crippen molar-refractivity contribution in [3.63, 3.8) is 0 Å². The molecular weight excluding hydrogens is 320 g/mol. The highest BCUT2D eigenvalue weighted by Gasteiger charge is 2.25. The Morgan fingerprint density at radius 1 is 1.32 bits per heavy atom. The number of thiazole rings is 1. The topological polar surface area (TPSA) is 64.3 Å². The van der Waals surface area contributed by atoms with Crippen LogP contribution in [0.25, 0.3) is 10.7 Å². The third-order valence-corrected chi connectivity index (χ3v) is 5.18. The average molecular weight is 334 g/mol. The first-order valence-corrected chi connectivity index (χ1v) is 8.74. The Labute approximate surface area is 135 Å². The van der Waals surface area contributed by atoms with Gasteiger partial charge in [0.1, 0.15) is 11.1 Å². The van der Waals surface area contributed by atoms with E-state index in [2.05, 4.69) is 20.0 Å². The van der Waals surface area contributed by atoms with Gasteiger partial charge in [-0.2, -0.15) is 4.98 Å². The third-order valence-electron chi connectivity index (χ3n) is 3.45. The number of nitrogens with zero attached hydrogens (tertiary/aromatic N) is 4. The zero-order valence-electron chi connectivity index (χ0n) is 11.7. The summed E-state index contributed by atoms with van der Waals surface area (Å²) < 4.78 is 11.2. The van der Waals surface area contributed by atoms with Gasteiger partial charge in [0, 0.05) is 24.7 Å². The van der Waals surface area contributed by atoms with Gasteiger partial charge in [-0.05, 0) is 11.4 Å². The van der Waals surface area contributed by atoms with E-state index in [-0.39, 0.29) is 6.10 Å². The minimum atomic E-state index is 0.0356. The van der Waals surface area contributed by atoms with E-state index in [0.29, 0.717) is 24.9 Å². The monoisotopic (exact) mass is 334 g/mol. The molecule has 0 radical (unpaired) electrons. The van der Waals surface area contributed by atoms with Gasteiger partial charge in [0.25, 0.3) is 0 Å². The van der Waals surface area contributed by atoms with Gasteiger partial charge in [0.15, 0.2) is 0 Å². The van der Waals surface area contributed by atoms with Crippen molar-refractivity contribution in [1.82, 2.24) is 20.0 Å². The molecule has 0 spiro atoms. The second-order valence-corrected chi connectivity index (χ2v) is 6.83. The first-order chi connectivity index (χ1) is 10.9. The van der Waals surface area contributed by atoms with Crippen LogP contribution in [0.1, 0.15) is 17.0 Å². The van der Waals surface area contributed by atoms with E-state index in [9.17, 15) is 0 Å². The summed E-state index contributed by atoms with van der Waals surface area (Å²) >= 11 is 3.24. The molecule has 1 saturated heterocycles. The van der Waals surface area contributed by atoms with Crippen LogP contribution in [-0.4, -0.2) is 39.7 Å². The molecule has 0 aliphatic carbocycles. The molecule has 0 bridgehead atoms. The van der Waals surface area contributed by atoms with Crippen LogP contribution in [0.15, 0.2) is 33.6 Å². The number of aromatic nitrogens is 3. The molecule has 114 valence electrons. The van der Waals surface area contributed by atoms with Crippen molar-refractivity contribution in [3.8, 4) is 10.7 Å². The van der Waals surface area contributed by atoms with Crippen molar-refractivity contribution in [2.45, 2.75) is 12.6 Å². The molecule has 0 amide bonds. The molecule has 1 atom stereocenters. The van der Waals surface area contributed by atoms with E-state index in [0.717, 1.165) is 23.0 Å². The van der Waals surface area contributed by atoms with Crippen LogP contribution in [0, 0.1) is 0 Å². The summed E-state index contributed by atoms with van der Waals surface area (Å²) in [5.41, 5.74) is 0. The Bertz CT molecular complexity index is 711. The van der Waals surface area contributed by atoms with Crippen molar-refractivity contribution in [1.29, 1.82) is 0 Å². The highest BCUT2D eigenvalue weighted by Crippen LogP contribution is 2.25. The Balaban J connectivity index is 1.43. The first kappa shape index (κ1) is 14.0. The SMILES string of the molecule is c1csc(-c2noc(CN3CCOC(c4nccs4)C3)n2)c1. The molecule has 1 unspecified atom stereocenters. The number of ether oxygens (including phenoxy) is 1. The average Bonchev–Trinajstić information content (AvgIpc) is 3.29. The summed E-state index contributed by atoms with van der Waals surface area (Å²) in [4.78, 5) is 12.1. The molecule has 0 N–H and O–H groups in total. The van der Waals surface area contributed by atoms with E-state index < -0.39 is 0 Å². The van der Waals surface area contributed by atoms with Crippen LogP contribution >= 0.6 is 22.7 Å². The van der Waals surface area contributed by atoms with Crippen molar-refractivity contribution >= 4 is 22.7 Å². The normalized spacial score (nSPS) is 19.5. The second kappa shape index (κ2) is 6.25. The Morgan fingerprint density at radius 3 is 3.14 bits per heavy atom. The van der Waals surface area contributed by atoms with Crippen LogP contribution in [0.4, 0.5) is 0 Å². The smallest absolute Gasteiger partial charge is 0.241 e. The van der Waals surface area contributed by atoms with E-state index in [1.807, 2.05) is 29.1 Å². The summed E-state index contributed by atoms with van der Waals surface area (Å²) in [7, 11) is 0. The lowest BCUT2D eigenvalue weighted by atomic mass is 10.3. The molecule has 3 aromatic rings. The van der Waals surface area contributed by atoms with Crippen LogP contribution in [0.3, 0.4) is 0 Å². The van der Waals surface area contributed by atoms with Crippen LogP contribution in [0.2, 0.25) is 0 Å². The zero-order valence-corrected chi connectivity index (χ0v) is 13.3. The quantitative estimate of drug-likeness (QED) is 0.731. The minimum Gasteiger partial charge on any atom is -0.368 e. The lowest BCUT2D eigenvalue weighted by Crippen LogP contribution is -2.37. The van der Waals surface area contributed by atoms with Gasteiger partial charge >= 0.3 is 0 Å². The molecule has 4 heterocycles. The number of hydrogen-bond acceptors (Lipinski definition) is 8. The molecule has 4 rings (SSSR count). The summed E-state index contributed by atoms with van der Waals surface area (Å²) in [5, 5.41) is 9.05. The van der Waals surface area contributed by atoms with Gasteiger partial charge in [0.2, 0.25) is 11.7 Å². The Hall–Kier alpha value is -1.61. The molecule has 1 aliphatic heterocycles. The van der Waals surface area contributed by atoms with Crippen LogP contribution in [-0.2, 0) is 11.3 Å². The van der Waals surface area contributed by atoms with Gasteiger partial charge < -0.3 is 9.26 Å².